The molecule has 0 heterocycles. The Balaban J connectivity index is 0.000000980. The van der Waals surface area contributed by atoms with Gasteiger partial charge in [-0.1, -0.05) is 22.0 Å². The van der Waals surface area contributed by atoms with Crippen LogP contribution >= 0.6 is 28.3 Å². The van der Waals surface area contributed by atoms with Crippen molar-refractivity contribution in [3.05, 3.63) is 33.8 Å². The summed E-state index contributed by atoms with van der Waals surface area (Å²) in [5.41, 5.74) is 3.13. The van der Waals surface area contributed by atoms with Gasteiger partial charge in [0.1, 0.15) is 0 Å². The van der Waals surface area contributed by atoms with E-state index in [0.29, 0.717) is 0 Å². The van der Waals surface area contributed by atoms with Crippen LogP contribution in [0.4, 0.5) is 0 Å². The van der Waals surface area contributed by atoms with Crippen molar-refractivity contribution in [3.63, 3.8) is 0 Å². The van der Waals surface area contributed by atoms with E-state index in [2.05, 4.69) is 46.4 Å². The van der Waals surface area contributed by atoms with E-state index in [1.165, 1.54) is 28.4 Å². The van der Waals surface area contributed by atoms with Crippen molar-refractivity contribution < 1.29 is 0 Å². The van der Waals surface area contributed by atoms with Gasteiger partial charge >= 0.3 is 0 Å². The van der Waals surface area contributed by atoms with Gasteiger partial charge in [0.15, 0.2) is 0 Å². The van der Waals surface area contributed by atoms with Gasteiger partial charge in [-0.05, 0) is 50.1 Å². The van der Waals surface area contributed by atoms with Gasteiger partial charge in [0.25, 0.3) is 0 Å². The minimum Gasteiger partial charge on any atom is -0.311 e. The van der Waals surface area contributed by atoms with Crippen LogP contribution in [0.25, 0.3) is 0 Å². The maximum Gasteiger partial charge on any atom is 0.0409 e. The fourth-order valence-electron chi connectivity index (χ4n) is 2.09. The molecule has 1 unspecified atom stereocenters. The number of hydrogen-bond acceptors (Lipinski definition) is 1. The predicted octanol–water partition coefficient (Wildman–Crippen LogP) is 3.25. The molecule has 0 spiro atoms. The van der Waals surface area contributed by atoms with Gasteiger partial charge in [0.05, 0.1) is 0 Å². The Morgan fingerprint density at radius 3 is 2.79 bits per heavy atom. The van der Waals surface area contributed by atoms with Crippen LogP contribution in [0.2, 0.25) is 0 Å². The van der Waals surface area contributed by atoms with E-state index in [1.54, 1.807) is 0 Å². The molecule has 0 aromatic heterocycles. The highest BCUT2D eigenvalue weighted by atomic mass is 79.9. The topological polar surface area (TPSA) is 12.0 Å². The van der Waals surface area contributed by atoms with Crippen LogP contribution < -0.4 is 5.32 Å². The third-order valence-corrected chi connectivity index (χ3v) is 3.60. The van der Waals surface area contributed by atoms with Gasteiger partial charge < -0.3 is 5.32 Å². The summed E-state index contributed by atoms with van der Waals surface area (Å²) < 4.78 is 1.19. The fraction of sp³-hybridized carbons (Fsp3) is 0.455. The van der Waals surface area contributed by atoms with Gasteiger partial charge in [0, 0.05) is 10.0 Å². The van der Waals surface area contributed by atoms with E-state index in [4.69, 9.17) is 0 Å². The van der Waals surface area contributed by atoms with E-state index in [9.17, 15) is 0 Å². The van der Waals surface area contributed by atoms with E-state index < -0.39 is 0 Å². The van der Waals surface area contributed by atoms with E-state index in [1.807, 2.05) is 7.05 Å². The molecular formula is C11H15BrClN. The number of benzene rings is 1. The van der Waals surface area contributed by atoms with Crippen molar-refractivity contribution in [2.24, 2.45) is 0 Å². The van der Waals surface area contributed by atoms with E-state index >= 15 is 0 Å². The highest BCUT2D eigenvalue weighted by Gasteiger charge is 2.32. The maximum absolute atomic E-state index is 3.50. The van der Waals surface area contributed by atoms with Gasteiger partial charge in [-0.2, -0.15) is 0 Å². The Labute approximate surface area is 99.8 Å². The summed E-state index contributed by atoms with van der Waals surface area (Å²) in [5.74, 6) is 0. The van der Waals surface area contributed by atoms with Crippen molar-refractivity contribution in [3.8, 4) is 0 Å². The zero-order chi connectivity index (χ0) is 9.47. The SMILES string of the molecule is CNC1(C)CCc2cc(Br)ccc21.Cl. The lowest BCUT2D eigenvalue weighted by atomic mass is 9.95. The lowest BCUT2D eigenvalue weighted by molar-refractivity contribution is 0.399. The minimum absolute atomic E-state index is 0. The molecule has 3 heteroatoms. The first-order chi connectivity index (χ1) is 6.15. The summed E-state index contributed by atoms with van der Waals surface area (Å²) in [7, 11) is 2.04. The molecule has 0 radical (unpaired) electrons. The van der Waals surface area contributed by atoms with Crippen molar-refractivity contribution in [2.45, 2.75) is 25.3 Å². The first-order valence-electron chi connectivity index (χ1n) is 4.63. The largest absolute Gasteiger partial charge is 0.311 e. The van der Waals surface area contributed by atoms with Crippen LogP contribution in [0.1, 0.15) is 24.5 Å². The monoisotopic (exact) mass is 275 g/mol. The van der Waals surface area contributed by atoms with Gasteiger partial charge in [-0.25, -0.2) is 0 Å². The number of halogens is 2. The first-order valence-corrected chi connectivity index (χ1v) is 5.43. The van der Waals surface area contributed by atoms with Crippen molar-refractivity contribution >= 4 is 28.3 Å². The molecular weight excluding hydrogens is 261 g/mol. The predicted molar refractivity (Wildman–Crippen MR) is 66.1 cm³/mol. The normalized spacial score (nSPS) is 24.2. The second-order valence-corrected chi connectivity index (χ2v) is 4.80. The highest BCUT2D eigenvalue weighted by Crippen LogP contribution is 2.37. The van der Waals surface area contributed by atoms with Crippen LogP contribution in [0, 0.1) is 0 Å². The number of fused-ring (bicyclic) bond motifs is 1. The molecule has 1 atom stereocenters. The van der Waals surface area contributed by atoms with Crippen LogP contribution in [-0.2, 0) is 12.0 Å². The van der Waals surface area contributed by atoms with Gasteiger partial charge in [-0.3, -0.25) is 0 Å². The quantitative estimate of drug-likeness (QED) is 0.830. The average Bonchev–Trinajstić information content (AvgIpc) is 2.45. The smallest absolute Gasteiger partial charge is 0.0409 e. The number of hydrogen-bond donors (Lipinski definition) is 1. The van der Waals surface area contributed by atoms with E-state index in [0.717, 1.165) is 0 Å². The average molecular weight is 277 g/mol. The molecule has 2 rings (SSSR count). The minimum atomic E-state index is 0. The molecule has 0 saturated heterocycles. The molecule has 0 saturated carbocycles. The van der Waals surface area contributed by atoms with Crippen molar-refractivity contribution in [1.82, 2.24) is 5.32 Å². The standard InChI is InChI=1S/C11H14BrN.ClH/c1-11(13-2)6-5-8-7-9(12)3-4-10(8)11;/h3-4,7,13H,5-6H2,1-2H3;1H. The summed E-state index contributed by atoms with van der Waals surface area (Å²) >= 11 is 3.50. The second kappa shape index (κ2) is 4.21. The maximum atomic E-state index is 3.50. The van der Waals surface area contributed by atoms with E-state index in [-0.39, 0.29) is 17.9 Å². The second-order valence-electron chi connectivity index (χ2n) is 3.88. The fourth-order valence-corrected chi connectivity index (χ4v) is 2.49. The summed E-state index contributed by atoms with van der Waals surface area (Å²) in [6.45, 7) is 2.27. The molecule has 1 aliphatic rings. The Morgan fingerprint density at radius 2 is 2.14 bits per heavy atom. The van der Waals surface area contributed by atoms with Gasteiger partial charge in [0.2, 0.25) is 0 Å². The molecule has 1 aromatic rings. The lowest BCUT2D eigenvalue weighted by Gasteiger charge is -2.24. The lowest BCUT2D eigenvalue weighted by Crippen LogP contribution is -2.34. The Hall–Kier alpha value is -0.0500. The third kappa shape index (κ3) is 1.83. The molecule has 0 fully saturated rings. The number of nitrogens with one attached hydrogen (secondary N) is 1. The molecule has 14 heavy (non-hydrogen) atoms. The molecule has 0 amide bonds. The first kappa shape index (κ1) is 12.0. The molecule has 0 aliphatic heterocycles. The summed E-state index contributed by atoms with van der Waals surface area (Å²) in [5, 5.41) is 3.40. The highest BCUT2D eigenvalue weighted by molar-refractivity contribution is 9.10. The Kier molecular flexibility index (Phi) is 3.62. The third-order valence-electron chi connectivity index (χ3n) is 3.11. The zero-order valence-electron chi connectivity index (χ0n) is 8.43. The van der Waals surface area contributed by atoms with Crippen LogP contribution in [0.15, 0.2) is 22.7 Å². The molecule has 1 aromatic carbocycles. The number of aryl methyl sites for hydroxylation is 1. The molecule has 1 N–H and O–H groups in total. The molecule has 78 valence electrons. The summed E-state index contributed by atoms with van der Waals surface area (Å²) in [6, 6.07) is 6.58. The molecule has 1 nitrogen and oxygen atoms in total. The summed E-state index contributed by atoms with van der Waals surface area (Å²) in [4.78, 5) is 0. The van der Waals surface area contributed by atoms with Crippen LogP contribution in [0.3, 0.4) is 0 Å². The molecule has 0 bridgehead atoms. The van der Waals surface area contributed by atoms with Gasteiger partial charge in [-0.15, -0.1) is 12.4 Å². The van der Waals surface area contributed by atoms with Crippen molar-refractivity contribution in [1.29, 1.82) is 0 Å². The Morgan fingerprint density at radius 1 is 1.43 bits per heavy atom. The zero-order valence-corrected chi connectivity index (χ0v) is 10.8. The Bertz CT molecular complexity index is 340. The summed E-state index contributed by atoms with van der Waals surface area (Å²) in [6.07, 6.45) is 2.39. The van der Waals surface area contributed by atoms with Crippen LogP contribution in [-0.4, -0.2) is 7.05 Å². The number of rotatable bonds is 1. The van der Waals surface area contributed by atoms with Crippen LogP contribution in [0.5, 0.6) is 0 Å². The molecule has 1 aliphatic carbocycles. The van der Waals surface area contributed by atoms with Crippen molar-refractivity contribution in [2.75, 3.05) is 7.05 Å².